The number of hydrogen-bond acceptors (Lipinski definition) is 4. The van der Waals surface area contributed by atoms with Gasteiger partial charge in [0.05, 0.1) is 17.6 Å². The maximum atomic E-state index is 12.9. The van der Waals surface area contributed by atoms with Gasteiger partial charge in [-0.05, 0) is 39.8 Å². The van der Waals surface area contributed by atoms with Gasteiger partial charge in [-0.15, -0.1) is 0 Å². The van der Waals surface area contributed by atoms with Crippen molar-refractivity contribution < 1.29 is 9.53 Å². The molecule has 0 bridgehead atoms. The number of amides is 1. The molecule has 136 valence electrons. The van der Waals surface area contributed by atoms with Gasteiger partial charge in [0.15, 0.2) is 5.16 Å². The van der Waals surface area contributed by atoms with Crippen LogP contribution in [0.15, 0.2) is 35.5 Å². The highest BCUT2D eigenvalue weighted by Gasteiger charge is 2.24. The number of thioether (sulfide) groups is 1. The van der Waals surface area contributed by atoms with Gasteiger partial charge >= 0.3 is 0 Å². The molecule has 0 saturated heterocycles. The first kappa shape index (κ1) is 19.5. The number of para-hydroxylation sites is 1. The Morgan fingerprint density at radius 2 is 2.00 bits per heavy atom. The summed E-state index contributed by atoms with van der Waals surface area (Å²) in [6.07, 6.45) is 0. The van der Waals surface area contributed by atoms with Crippen molar-refractivity contribution in [2.24, 2.45) is 0 Å². The standard InChI is InChI=1S/C19H27N3O2S/c1-6-21(17-10-8-7-9-11-17)18(23)16(4)25-19-20-14(2)15(3)22(19)12-13-24-5/h7-11,16H,6,12-13H2,1-5H3. The minimum atomic E-state index is -0.220. The first-order valence-corrected chi connectivity index (χ1v) is 9.43. The molecule has 1 aromatic heterocycles. The minimum Gasteiger partial charge on any atom is -0.383 e. The molecule has 1 heterocycles. The molecule has 1 atom stereocenters. The van der Waals surface area contributed by atoms with Crippen LogP contribution in [0.5, 0.6) is 0 Å². The number of imidazole rings is 1. The Kier molecular flexibility index (Phi) is 7.08. The number of carbonyl (C=O) groups excluding carboxylic acids is 1. The highest BCUT2D eigenvalue weighted by Crippen LogP contribution is 2.27. The lowest BCUT2D eigenvalue weighted by Crippen LogP contribution is -2.36. The van der Waals surface area contributed by atoms with Crippen LogP contribution in [-0.2, 0) is 16.1 Å². The van der Waals surface area contributed by atoms with E-state index in [2.05, 4.69) is 16.5 Å². The lowest BCUT2D eigenvalue weighted by atomic mass is 10.2. The molecule has 0 aliphatic rings. The van der Waals surface area contributed by atoms with Crippen molar-refractivity contribution in [2.75, 3.05) is 25.2 Å². The predicted octanol–water partition coefficient (Wildman–Crippen LogP) is 3.68. The Balaban J connectivity index is 2.17. The lowest BCUT2D eigenvalue weighted by Gasteiger charge is -2.24. The molecule has 1 unspecified atom stereocenters. The SMILES string of the molecule is CCN(C(=O)C(C)Sc1nc(C)c(C)n1CCOC)c1ccccc1. The van der Waals surface area contributed by atoms with Crippen molar-refractivity contribution in [1.29, 1.82) is 0 Å². The number of benzene rings is 1. The fourth-order valence-corrected chi connectivity index (χ4v) is 3.75. The van der Waals surface area contributed by atoms with Crippen LogP contribution in [0.25, 0.3) is 0 Å². The molecule has 6 heteroatoms. The van der Waals surface area contributed by atoms with Crippen molar-refractivity contribution in [1.82, 2.24) is 9.55 Å². The van der Waals surface area contributed by atoms with Crippen LogP contribution in [0.3, 0.4) is 0 Å². The van der Waals surface area contributed by atoms with Gasteiger partial charge in [0.1, 0.15) is 0 Å². The number of anilines is 1. The Morgan fingerprint density at radius 1 is 1.32 bits per heavy atom. The van der Waals surface area contributed by atoms with Crippen LogP contribution >= 0.6 is 11.8 Å². The van der Waals surface area contributed by atoms with Gasteiger partial charge in [-0.2, -0.15) is 0 Å². The summed E-state index contributed by atoms with van der Waals surface area (Å²) in [5, 5.41) is 0.652. The van der Waals surface area contributed by atoms with Crippen molar-refractivity contribution in [3.05, 3.63) is 41.7 Å². The third-order valence-electron chi connectivity index (χ3n) is 4.22. The third kappa shape index (κ3) is 4.64. The number of carbonyl (C=O) groups is 1. The largest absolute Gasteiger partial charge is 0.383 e. The minimum absolute atomic E-state index is 0.0929. The van der Waals surface area contributed by atoms with Gasteiger partial charge in [-0.1, -0.05) is 30.0 Å². The number of methoxy groups -OCH3 is 1. The molecule has 2 aromatic rings. The Morgan fingerprint density at radius 3 is 2.60 bits per heavy atom. The lowest BCUT2D eigenvalue weighted by molar-refractivity contribution is -0.117. The summed E-state index contributed by atoms with van der Waals surface area (Å²) < 4.78 is 7.33. The number of aromatic nitrogens is 2. The maximum Gasteiger partial charge on any atom is 0.240 e. The molecule has 0 saturated carbocycles. The van der Waals surface area contributed by atoms with Gasteiger partial charge < -0.3 is 14.2 Å². The van der Waals surface area contributed by atoms with E-state index in [-0.39, 0.29) is 11.2 Å². The summed E-state index contributed by atoms with van der Waals surface area (Å²) in [5.74, 6) is 0.0929. The Hall–Kier alpha value is -1.79. The summed E-state index contributed by atoms with van der Waals surface area (Å²) in [5.41, 5.74) is 3.04. The van der Waals surface area contributed by atoms with E-state index in [4.69, 9.17) is 4.74 Å². The van der Waals surface area contributed by atoms with Gasteiger partial charge in [0.2, 0.25) is 5.91 Å². The van der Waals surface area contributed by atoms with Crippen LogP contribution in [0.4, 0.5) is 5.69 Å². The van der Waals surface area contributed by atoms with Crippen molar-refractivity contribution in [2.45, 2.75) is 44.6 Å². The highest BCUT2D eigenvalue weighted by molar-refractivity contribution is 8.00. The van der Waals surface area contributed by atoms with Crippen LogP contribution in [0.1, 0.15) is 25.2 Å². The van der Waals surface area contributed by atoms with Crippen molar-refractivity contribution in [3.63, 3.8) is 0 Å². The molecule has 1 amide bonds. The molecule has 5 nitrogen and oxygen atoms in total. The molecule has 0 aliphatic carbocycles. The van der Waals surface area contributed by atoms with Crippen LogP contribution < -0.4 is 4.90 Å². The molecule has 0 radical (unpaired) electrons. The number of ether oxygens (including phenoxy) is 1. The summed E-state index contributed by atoms with van der Waals surface area (Å²) >= 11 is 1.51. The van der Waals surface area contributed by atoms with Crippen molar-refractivity contribution >= 4 is 23.4 Å². The molecule has 0 fully saturated rings. The quantitative estimate of drug-likeness (QED) is 0.673. The number of rotatable bonds is 8. The average Bonchev–Trinajstić information content (AvgIpc) is 2.88. The van der Waals surface area contributed by atoms with Crippen LogP contribution in [0.2, 0.25) is 0 Å². The van der Waals surface area contributed by atoms with E-state index in [1.54, 1.807) is 7.11 Å². The van der Waals surface area contributed by atoms with Crippen LogP contribution in [0, 0.1) is 13.8 Å². The zero-order chi connectivity index (χ0) is 18.4. The summed E-state index contributed by atoms with van der Waals surface area (Å²) in [6, 6.07) is 9.79. The normalized spacial score (nSPS) is 12.2. The number of hydrogen-bond donors (Lipinski definition) is 0. The van der Waals surface area contributed by atoms with Gasteiger partial charge in [-0.3, -0.25) is 4.79 Å². The van der Waals surface area contributed by atoms with E-state index in [9.17, 15) is 4.79 Å². The fourth-order valence-electron chi connectivity index (χ4n) is 2.66. The van der Waals surface area contributed by atoms with E-state index in [1.165, 1.54) is 11.8 Å². The Labute approximate surface area is 154 Å². The average molecular weight is 362 g/mol. The summed E-state index contributed by atoms with van der Waals surface area (Å²) in [6.45, 7) is 9.99. The second kappa shape index (κ2) is 9.06. The highest BCUT2D eigenvalue weighted by atomic mass is 32.2. The fraction of sp³-hybridized carbons (Fsp3) is 0.474. The van der Waals surface area contributed by atoms with E-state index in [0.717, 1.165) is 28.8 Å². The molecular weight excluding hydrogens is 334 g/mol. The first-order valence-electron chi connectivity index (χ1n) is 8.55. The van der Waals surface area contributed by atoms with Gasteiger partial charge in [0.25, 0.3) is 0 Å². The molecule has 2 rings (SSSR count). The molecule has 0 N–H and O–H groups in total. The third-order valence-corrected chi connectivity index (χ3v) is 5.30. The molecule has 0 spiro atoms. The summed E-state index contributed by atoms with van der Waals surface area (Å²) in [7, 11) is 1.69. The zero-order valence-electron chi connectivity index (χ0n) is 15.7. The van der Waals surface area contributed by atoms with E-state index in [0.29, 0.717) is 13.2 Å². The molecule has 0 aliphatic heterocycles. The zero-order valence-corrected chi connectivity index (χ0v) is 16.5. The monoisotopic (exact) mass is 361 g/mol. The van der Waals surface area contributed by atoms with Crippen molar-refractivity contribution in [3.8, 4) is 0 Å². The number of aryl methyl sites for hydroxylation is 1. The summed E-state index contributed by atoms with van der Waals surface area (Å²) in [4.78, 5) is 19.4. The van der Waals surface area contributed by atoms with Crippen LogP contribution in [-0.4, -0.2) is 41.0 Å². The number of nitrogens with zero attached hydrogens (tertiary/aromatic N) is 3. The molecule has 1 aromatic carbocycles. The second-order valence-electron chi connectivity index (χ2n) is 5.89. The second-order valence-corrected chi connectivity index (χ2v) is 7.20. The first-order chi connectivity index (χ1) is 12.0. The Bertz CT molecular complexity index is 700. The maximum absolute atomic E-state index is 12.9. The predicted molar refractivity (Wildman–Crippen MR) is 103 cm³/mol. The smallest absolute Gasteiger partial charge is 0.240 e. The van der Waals surface area contributed by atoms with Gasteiger partial charge in [-0.25, -0.2) is 4.98 Å². The van der Waals surface area contributed by atoms with E-state index in [1.807, 2.05) is 56.0 Å². The van der Waals surface area contributed by atoms with Gasteiger partial charge in [0, 0.05) is 31.6 Å². The van der Waals surface area contributed by atoms with E-state index < -0.39 is 0 Å². The molecule has 25 heavy (non-hydrogen) atoms. The molecular formula is C19H27N3O2S. The topological polar surface area (TPSA) is 47.4 Å². The van der Waals surface area contributed by atoms with E-state index >= 15 is 0 Å².